The Balaban J connectivity index is 1.47. The molecule has 2 aromatic rings. The molecule has 0 unspecified atom stereocenters. The second kappa shape index (κ2) is 9.59. The molecule has 5 heteroatoms. The average molecular weight is 395 g/mol. The summed E-state index contributed by atoms with van der Waals surface area (Å²) in [6, 6.07) is 13.6. The molecular weight excluding hydrogens is 364 g/mol. The van der Waals surface area contributed by atoms with E-state index in [-0.39, 0.29) is 17.9 Å². The van der Waals surface area contributed by atoms with E-state index >= 15 is 0 Å². The van der Waals surface area contributed by atoms with Crippen LogP contribution < -0.4 is 10.1 Å². The van der Waals surface area contributed by atoms with Gasteiger partial charge < -0.3 is 15.0 Å². The first kappa shape index (κ1) is 20.9. The molecule has 0 radical (unpaired) electrons. The van der Waals surface area contributed by atoms with Crippen molar-refractivity contribution in [1.82, 2.24) is 10.2 Å². The predicted molar refractivity (Wildman–Crippen MR) is 114 cm³/mol. The fraction of sp³-hybridized carbons (Fsp3) is 0.417. The Morgan fingerprint density at radius 1 is 1.03 bits per heavy atom. The smallest absolute Gasteiger partial charge is 0.253 e. The lowest BCUT2D eigenvalue weighted by Crippen LogP contribution is -2.46. The number of rotatable bonds is 6. The molecule has 0 spiro atoms. The van der Waals surface area contributed by atoms with Gasteiger partial charge in [0.25, 0.3) is 5.91 Å². The van der Waals surface area contributed by atoms with Gasteiger partial charge in [-0.15, -0.1) is 0 Å². The van der Waals surface area contributed by atoms with Gasteiger partial charge in [0.2, 0.25) is 5.91 Å². The van der Waals surface area contributed by atoms with E-state index in [1.165, 1.54) is 5.56 Å². The van der Waals surface area contributed by atoms with Crippen LogP contribution in [-0.4, -0.2) is 42.5 Å². The molecule has 5 nitrogen and oxygen atoms in total. The van der Waals surface area contributed by atoms with Gasteiger partial charge in [0.05, 0.1) is 13.0 Å². The van der Waals surface area contributed by atoms with Crippen LogP contribution in [-0.2, 0) is 11.2 Å². The maximum atomic E-state index is 12.7. The van der Waals surface area contributed by atoms with Crippen LogP contribution in [0.3, 0.4) is 0 Å². The second-order valence-corrected chi connectivity index (χ2v) is 7.69. The molecule has 0 saturated carbocycles. The number of amides is 2. The number of piperidine rings is 1. The average Bonchev–Trinajstić information content (AvgIpc) is 2.72. The van der Waals surface area contributed by atoms with E-state index < -0.39 is 0 Å². The second-order valence-electron chi connectivity index (χ2n) is 7.69. The molecule has 1 aliphatic rings. The van der Waals surface area contributed by atoms with Gasteiger partial charge in [-0.2, -0.15) is 0 Å². The van der Waals surface area contributed by atoms with E-state index in [0.29, 0.717) is 26.1 Å². The number of carbonyl (C=O) groups excluding carboxylic acids is 2. The number of nitrogens with one attached hydrogen (secondary N) is 1. The van der Waals surface area contributed by atoms with Crippen LogP contribution in [0.5, 0.6) is 5.75 Å². The lowest BCUT2D eigenvalue weighted by molar-refractivity contribution is -0.121. The van der Waals surface area contributed by atoms with Gasteiger partial charge in [0, 0.05) is 24.7 Å². The van der Waals surface area contributed by atoms with E-state index in [9.17, 15) is 9.59 Å². The van der Waals surface area contributed by atoms with Crippen molar-refractivity contribution in [2.75, 3.05) is 19.7 Å². The van der Waals surface area contributed by atoms with Crippen molar-refractivity contribution in [3.05, 3.63) is 64.7 Å². The molecule has 3 rings (SSSR count). The van der Waals surface area contributed by atoms with E-state index in [2.05, 4.69) is 5.32 Å². The fourth-order valence-corrected chi connectivity index (χ4v) is 3.62. The molecular formula is C24H30N2O3. The standard InChI is InChI=1S/C24H30N2O3/c1-4-29-22-9-6-19(7-10-22)16-23(27)25-21-11-13-26(14-12-21)24(28)20-8-5-17(2)18(3)15-20/h5-10,15,21H,4,11-14,16H2,1-3H3,(H,25,27). The molecule has 0 aliphatic carbocycles. The van der Waals surface area contributed by atoms with E-state index in [0.717, 1.165) is 35.3 Å². The third kappa shape index (κ3) is 5.59. The molecule has 1 heterocycles. The summed E-state index contributed by atoms with van der Waals surface area (Å²) in [4.78, 5) is 27.0. The zero-order valence-electron chi connectivity index (χ0n) is 17.5. The Morgan fingerprint density at radius 3 is 2.34 bits per heavy atom. The van der Waals surface area contributed by atoms with Gasteiger partial charge in [0.15, 0.2) is 0 Å². The van der Waals surface area contributed by atoms with Crippen molar-refractivity contribution < 1.29 is 14.3 Å². The van der Waals surface area contributed by atoms with Crippen molar-refractivity contribution >= 4 is 11.8 Å². The van der Waals surface area contributed by atoms with Crippen LogP contribution >= 0.6 is 0 Å². The van der Waals surface area contributed by atoms with Gasteiger partial charge in [-0.3, -0.25) is 9.59 Å². The van der Waals surface area contributed by atoms with Crippen LogP contribution in [0.1, 0.15) is 46.8 Å². The first-order valence-electron chi connectivity index (χ1n) is 10.3. The fourth-order valence-electron chi connectivity index (χ4n) is 3.62. The van der Waals surface area contributed by atoms with Crippen LogP contribution in [0.4, 0.5) is 0 Å². The zero-order valence-corrected chi connectivity index (χ0v) is 17.5. The van der Waals surface area contributed by atoms with E-state index in [1.807, 2.05) is 68.1 Å². The highest BCUT2D eigenvalue weighted by Gasteiger charge is 2.24. The van der Waals surface area contributed by atoms with Crippen molar-refractivity contribution in [2.24, 2.45) is 0 Å². The summed E-state index contributed by atoms with van der Waals surface area (Å²) in [6.07, 6.45) is 1.92. The van der Waals surface area contributed by atoms with Crippen molar-refractivity contribution in [3.63, 3.8) is 0 Å². The predicted octanol–water partition coefficient (Wildman–Crippen LogP) is 3.67. The lowest BCUT2D eigenvalue weighted by Gasteiger charge is -2.32. The highest BCUT2D eigenvalue weighted by atomic mass is 16.5. The third-order valence-corrected chi connectivity index (χ3v) is 5.50. The van der Waals surface area contributed by atoms with Gasteiger partial charge in [-0.05, 0) is 74.6 Å². The molecule has 0 aromatic heterocycles. The molecule has 1 saturated heterocycles. The Morgan fingerprint density at radius 2 is 1.72 bits per heavy atom. The van der Waals surface area contributed by atoms with Crippen LogP contribution in [0.15, 0.2) is 42.5 Å². The quantitative estimate of drug-likeness (QED) is 0.813. The Labute approximate surface area is 173 Å². The number of ether oxygens (including phenoxy) is 1. The Kier molecular flexibility index (Phi) is 6.91. The molecule has 1 fully saturated rings. The number of aryl methyl sites for hydroxylation is 2. The molecule has 0 atom stereocenters. The normalized spacial score (nSPS) is 14.5. The number of hydrogen-bond acceptors (Lipinski definition) is 3. The number of benzene rings is 2. The summed E-state index contributed by atoms with van der Waals surface area (Å²) in [6.45, 7) is 7.98. The summed E-state index contributed by atoms with van der Waals surface area (Å²) >= 11 is 0. The largest absolute Gasteiger partial charge is 0.494 e. The maximum absolute atomic E-state index is 12.7. The summed E-state index contributed by atoms with van der Waals surface area (Å²) in [5.41, 5.74) is 4.03. The highest BCUT2D eigenvalue weighted by Crippen LogP contribution is 2.17. The maximum Gasteiger partial charge on any atom is 0.253 e. The number of carbonyl (C=O) groups is 2. The Bertz CT molecular complexity index is 853. The summed E-state index contributed by atoms with van der Waals surface area (Å²) < 4.78 is 5.43. The van der Waals surface area contributed by atoms with Gasteiger partial charge in [0.1, 0.15) is 5.75 Å². The first-order valence-corrected chi connectivity index (χ1v) is 10.3. The van der Waals surface area contributed by atoms with Crippen LogP contribution in [0.25, 0.3) is 0 Å². The minimum atomic E-state index is 0.0214. The van der Waals surface area contributed by atoms with Gasteiger partial charge in [-0.25, -0.2) is 0 Å². The third-order valence-electron chi connectivity index (χ3n) is 5.50. The van der Waals surface area contributed by atoms with Gasteiger partial charge >= 0.3 is 0 Å². The topological polar surface area (TPSA) is 58.6 Å². The number of likely N-dealkylation sites (tertiary alicyclic amines) is 1. The molecule has 1 N–H and O–H groups in total. The van der Waals surface area contributed by atoms with Crippen LogP contribution in [0.2, 0.25) is 0 Å². The summed E-state index contributed by atoms with van der Waals surface area (Å²) in [5.74, 6) is 0.915. The Hall–Kier alpha value is -2.82. The van der Waals surface area contributed by atoms with Crippen molar-refractivity contribution in [2.45, 2.75) is 46.1 Å². The summed E-state index contributed by atoms with van der Waals surface area (Å²) in [5, 5.41) is 3.11. The minimum absolute atomic E-state index is 0.0214. The number of nitrogens with zero attached hydrogens (tertiary/aromatic N) is 1. The van der Waals surface area contributed by atoms with Crippen molar-refractivity contribution in [3.8, 4) is 5.75 Å². The summed E-state index contributed by atoms with van der Waals surface area (Å²) in [7, 11) is 0. The lowest BCUT2D eigenvalue weighted by atomic mass is 10.0. The van der Waals surface area contributed by atoms with Crippen LogP contribution in [0, 0.1) is 13.8 Å². The van der Waals surface area contributed by atoms with Crippen molar-refractivity contribution in [1.29, 1.82) is 0 Å². The molecule has 1 aliphatic heterocycles. The van der Waals surface area contributed by atoms with E-state index in [1.54, 1.807) is 0 Å². The number of hydrogen-bond donors (Lipinski definition) is 1. The minimum Gasteiger partial charge on any atom is -0.494 e. The SMILES string of the molecule is CCOc1ccc(CC(=O)NC2CCN(C(=O)c3ccc(C)c(C)c3)CC2)cc1. The van der Waals surface area contributed by atoms with E-state index in [4.69, 9.17) is 4.74 Å². The molecule has 0 bridgehead atoms. The monoisotopic (exact) mass is 394 g/mol. The zero-order chi connectivity index (χ0) is 20.8. The van der Waals surface area contributed by atoms with Gasteiger partial charge in [-0.1, -0.05) is 18.2 Å². The molecule has 2 amide bonds. The molecule has 2 aromatic carbocycles. The first-order chi connectivity index (χ1) is 14.0. The highest BCUT2D eigenvalue weighted by molar-refractivity contribution is 5.94. The molecule has 29 heavy (non-hydrogen) atoms. The molecule has 154 valence electrons.